The molecule has 0 fully saturated rings. The quantitative estimate of drug-likeness (QED) is 0.681. The van der Waals surface area contributed by atoms with Crippen LogP contribution in [0, 0.1) is 0 Å². The Kier molecular flexibility index (Phi) is 4.76. The number of hydrogen-bond donors (Lipinski definition) is 1. The summed E-state index contributed by atoms with van der Waals surface area (Å²) >= 11 is 1.45. The lowest BCUT2D eigenvalue weighted by Crippen LogP contribution is -2.04. The monoisotopic (exact) mass is 345 g/mol. The average Bonchev–Trinajstić information content (AvgIpc) is 3.23. The van der Waals surface area contributed by atoms with Gasteiger partial charge in [0.1, 0.15) is 10.6 Å². The lowest BCUT2D eigenvalue weighted by Gasteiger charge is -2.05. The van der Waals surface area contributed by atoms with Crippen molar-refractivity contribution in [3.63, 3.8) is 0 Å². The van der Waals surface area contributed by atoms with E-state index in [0.29, 0.717) is 29.5 Å². The number of nitrogens with one attached hydrogen (secondary N) is 1. The van der Waals surface area contributed by atoms with Crippen LogP contribution in [-0.2, 0) is 4.74 Å². The SMILES string of the molecule is CCOC(=O)c1cccc(Nc2nnc(-c3sccc3OC)o2)c1. The summed E-state index contributed by atoms with van der Waals surface area (Å²) in [4.78, 5) is 12.5. The van der Waals surface area contributed by atoms with E-state index in [4.69, 9.17) is 13.9 Å². The van der Waals surface area contributed by atoms with Crippen molar-refractivity contribution in [2.45, 2.75) is 6.92 Å². The number of carbonyl (C=O) groups is 1. The third-order valence-corrected chi connectivity index (χ3v) is 3.98. The van der Waals surface area contributed by atoms with Crippen LogP contribution in [-0.4, -0.2) is 29.9 Å². The molecule has 24 heavy (non-hydrogen) atoms. The van der Waals surface area contributed by atoms with Gasteiger partial charge >= 0.3 is 12.0 Å². The van der Waals surface area contributed by atoms with Crippen molar-refractivity contribution in [1.29, 1.82) is 0 Å². The summed E-state index contributed by atoms with van der Waals surface area (Å²) in [5, 5.41) is 12.8. The van der Waals surface area contributed by atoms with Crippen LogP contribution in [0.4, 0.5) is 11.7 Å². The maximum absolute atomic E-state index is 11.8. The van der Waals surface area contributed by atoms with Gasteiger partial charge in [0, 0.05) is 5.69 Å². The van der Waals surface area contributed by atoms with Gasteiger partial charge < -0.3 is 19.2 Å². The minimum Gasteiger partial charge on any atom is -0.495 e. The van der Waals surface area contributed by atoms with Crippen molar-refractivity contribution < 1.29 is 18.7 Å². The summed E-state index contributed by atoms with van der Waals surface area (Å²) in [5.74, 6) is 0.668. The topological polar surface area (TPSA) is 86.5 Å². The standard InChI is InChI=1S/C16H15N3O4S/c1-3-22-15(20)10-5-4-6-11(9-10)17-16-19-18-14(23-16)13-12(21-2)7-8-24-13/h4-9H,3H2,1-2H3,(H,17,19). The van der Waals surface area contributed by atoms with Gasteiger partial charge in [0.2, 0.25) is 0 Å². The first-order valence-corrected chi connectivity index (χ1v) is 8.08. The second-order valence-corrected chi connectivity index (χ2v) is 5.57. The summed E-state index contributed by atoms with van der Waals surface area (Å²) in [7, 11) is 1.59. The first-order chi connectivity index (χ1) is 11.7. The maximum atomic E-state index is 11.8. The van der Waals surface area contributed by atoms with Gasteiger partial charge in [0.15, 0.2) is 0 Å². The van der Waals surface area contributed by atoms with E-state index in [9.17, 15) is 4.79 Å². The number of hydrogen-bond acceptors (Lipinski definition) is 8. The Morgan fingerprint density at radius 1 is 1.33 bits per heavy atom. The lowest BCUT2D eigenvalue weighted by atomic mass is 10.2. The maximum Gasteiger partial charge on any atom is 0.338 e. The van der Waals surface area contributed by atoms with Crippen LogP contribution in [0.15, 0.2) is 40.1 Å². The van der Waals surface area contributed by atoms with Gasteiger partial charge in [-0.2, -0.15) is 0 Å². The van der Waals surface area contributed by atoms with Crippen molar-refractivity contribution in [3.8, 4) is 16.5 Å². The number of carbonyl (C=O) groups excluding carboxylic acids is 1. The number of benzene rings is 1. The first-order valence-electron chi connectivity index (χ1n) is 7.21. The molecule has 0 saturated heterocycles. The molecule has 0 aliphatic carbocycles. The zero-order valence-electron chi connectivity index (χ0n) is 13.1. The van der Waals surface area contributed by atoms with Crippen LogP contribution in [0.25, 0.3) is 10.8 Å². The van der Waals surface area contributed by atoms with E-state index in [1.807, 2.05) is 11.4 Å². The van der Waals surface area contributed by atoms with Crippen LogP contribution in [0.2, 0.25) is 0 Å². The van der Waals surface area contributed by atoms with E-state index in [1.165, 1.54) is 11.3 Å². The smallest absolute Gasteiger partial charge is 0.338 e. The van der Waals surface area contributed by atoms with Crippen LogP contribution in [0.5, 0.6) is 5.75 Å². The van der Waals surface area contributed by atoms with Gasteiger partial charge in [0.25, 0.3) is 5.89 Å². The van der Waals surface area contributed by atoms with E-state index in [0.717, 1.165) is 4.88 Å². The number of ether oxygens (including phenoxy) is 2. The molecule has 8 heteroatoms. The highest BCUT2D eigenvalue weighted by atomic mass is 32.1. The normalized spacial score (nSPS) is 10.4. The fourth-order valence-electron chi connectivity index (χ4n) is 2.04. The van der Waals surface area contributed by atoms with E-state index >= 15 is 0 Å². The van der Waals surface area contributed by atoms with Crippen LogP contribution in [0.1, 0.15) is 17.3 Å². The third-order valence-electron chi connectivity index (χ3n) is 3.09. The zero-order valence-corrected chi connectivity index (χ0v) is 13.9. The van der Waals surface area contributed by atoms with E-state index in [-0.39, 0.29) is 12.0 Å². The number of methoxy groups -OCH3 is 1. The molecule has 7 nitrogen and oxygen atoms in total. The molecule has 0 unspecified atom stereocenters. The van der Waals surface area contributed by atoms with Gasteiger partial charge in [-0.25, -0.2) is 4.79 Å². The molecule has 2 aromatic heterocycles. The number of rotatable bonds is 6. The average molecular weight is 345 g/mol. The molecule has 0 amide bonds. The first kappa shape index (κ1) is 16.0. The Labute approximate surface area is 142 Å². The van der Waals surface area contributed by atoms with Gasteiger partial charge in [-0.05, 0) is 36.6 Å². The minimum absolute atomic E-state index is 0.224. The van der Waals surface area contributed by atoms with Crippen molar-refractivity contribution in [2.75, 3.05) is 19.0 Å². The minimum atomic E-state index is -0.379. The number of anilines is 2. The largest absolute Gasteiger partial charge is 0.495 e. The van der Waals surface area contributed by atoms with E-state index < -0.39 is 0 Å². The summed E-state index contributed by atoms with van der Waals surface area (Å²) in [6, 6.07) is 8.93. The van der Waals surface area contributed by atoms with Crippen LogP contribution < -0.4 is 10.1 Å². The summed E-state index contributed by atoms with van der Waals surface area (Å²) in [6.07, 6.45) is 0. The number of thiophene rings is 1. The molecule has 1 aromatic carbocycles. The van der Waals surface area contributed by atoms with Crippen molar-refractivity contribution in [3.05, 3.63) is 41.3 Å². The zero-order chi connectivity index (χ0) is 16.9. The van der Waals surface area contributed by atoms with E-state index in [1.54, 1.807) is 38.3 Å². The van der Waals surface area contributed by atoms with Gasteiger partial charge in [-0.1, -0.05) is 11.2 Å². The molecule has 0 aliphatic rings. The molecular weight excluding hydrogens is 330 g/mol. The lowest BCUT2D eigenvalue weighted by molar-refractivity contribution is 0.0526. The van der Waals surface area contributed by atoms with E-state index in [2.05, 4.69) is 15.5 Å². The predicted octanol–water partition coefficient (Wildman–Crippen LogP) is 3.73. The molecule has 3 rings (SSSR count). The molecule has 0 radical (unpaired) electrons. The third kappa shape index (κ3) is 3.38. The van der Waals surface area contributed by atoms with Crippen molar-refractivity contribution in [2.24, 2.45) is 0 Å². The predicted molar refractivity (Wildman–Crippen MR) is 89.8 cm³/mol. The second-order valence-electron chi connectivity index (χ2n) is 4.66. The molecule has 1 N–H and O–H groups in total. The Balaban J connectivity index is 1.78. The van der Waals surface area contributed by atoms with Crippen LogP contribution >= 0.6 is 11.3 Å². The van der Waals surface area contributed by atoms with Crippen LogP contribution in [0.3, 0.4) is 0 Å². The molecule has 0 saturated carbocycles. The summed E-state index contributed by atoms with van der Waals surface area (Å²) < 4.78 is 15.8. The molecular formula is C16H15N3O4S. The van der Waals surface area contributed by atoms with Gasteiger partial charge in [-0.3, -0.25) is 0 Å². The Morgan fingerprint density at radius 3 is 3.00 bits per heavy atom. The number of esters is 1. The Bertz CT molecular complexity index is 843. The highest BCUT2D eigenvalue weighted by Crippen LogP contribution is 2.35. The number of aromatic nitrogens is 2. The summed E-state index contributed by atoms with van der Waals surface area (Å²) in [5.41, 5.74) is 1.09. The molecule has 2 heterocycles. The highest BCUT2D eigenvalue weighted by molar-refractivity contribution is 7.13. The molecule has 0 aliphatic heterocycles. The molecule has 124 valence electrons. The number of nitrogens with zero attached hydrogens (tertiary/aromatic N) is 2. The highest BCUT2D eigenvalue weighted by Gasteiger charge is 2.15. The molecule has 0 atom stereocenters. The van der Waals surface area contributed by atoms with Gasteiger partial charge in [-0.15, -0.1) is 16.4 Å². The van der Waals surface area contributed by atoms with Crippen molar-refractivity contribution >= 4 is 29.0 Å². The fourth-order valence-corrected chi connectivity index (χ4v) is 2.82. The molecule has 3 aromatic rings. The Hall–Kier alpha value is -2.87. The molecule has 0 spiro atoms. The molecule has 0 bridgehead atoms. The summed E-state index contributed by atoms with van der Waals surface area (Å²) in [6.45, 7) is 2.09. The van der Waals surface area contributed by atoms with Gasteiger partial charge in [0.05, 0.1) is 19.3 Å². The second kappa shape index (κ2) is 7.14. The van der Waals surface area contributed by atoms with Crippen molar-refractivity contribution in [1.82, 2.24) is 10.2 Å². The Morgan fingerprint density at radius 2 is 2.21 bits per heavy atom. The fraction of sp³-hybridized carbons (Fsp3) is 0.188.